The van der Waals surface area contributed by atoms with Crippen molar-refractivity contribution in [1.29, 1.82) is 0 Å². The van der Waals surface area contributed by atoms with Gasteiger partial charge in [0.2, 0.25) is 0 Å². The summed E-state index contributed by atoms with van der Waals surface area (Å²) in [6, 6.07) is 6.33. The Morgan fingerprint density at radius 2 is 2.08 bits per heavy atom. The number of likely N-dealkylation sites (N-methyl/N-ethyl adjacent to an activating group) is 2. The number of nitrogens with two attached hydrogens (primary N) is 1. The van der Waals surface area contributed by atoms with E-state index < -0.39 is 30.2 Å². The number of carbonyl (C=O) groups excluding carboxylic acids is 2. The number of aliphatic hydroxyl groups excluding tert-OH is 1. The maximum atomic E-state index is 12.5. The number of rotatable bonds is 5. The van der Waals surface area contributed by atoms with E-state index in [0.717, 1.165) is 10.5 Å². The molecule has 3 atom stereocenters. The minimum atomic E-state index is -0.885. The summed E-state index contributed by atoms with van der Waals surface area (Å²) in [4.78, 5) is 32.7. The Labute approximate surface area is 151 Å². The number of β-amino-alcohol motifs (C(OH)–C–C–N with tert-alkyl or cyclic N) is 1. The van der Waals surface area contributed by atoms with Crippen molar-refractivity contribution in [1.82, 2.24) is 14.7 Å². The minimum absolute atomic E-state index is 0.0451. The Bertz CT molecular complexity index is 752. The summed E-state index contributed by atoms with van der Waals surface area (Å²) in [5.41, 5.74) is 7.00. The molecule has 3 rings (SSSR count). The van der Waals surface area contributed by atoms with Crippen LogP contribution in [0.4, 0.5) is 4.79 Å². The molecule has 1 fully saturated rings. The van der Waals surface area contributed by atoms with E-state index in [1.165, 1.54) is 16.8 Å². The lowest BCUT2D eigenvalue weighted by Crippen LogP contribution is -2.65. The molecule has 2 aliphatic heterocycles. The number of hydrogen-bond acceptors (Lipinski definition) is 7. The molecule has 3 N–H and O–H groups in total. The molecule has 2 heterocycles. The van der Waals surface area contributed by atoms with Crippen molar-refractivity contribution in [2.45, 2.75) is 25.2 Å². The van der Waals surface area contributed by atoms with Gasteiger partial charge in [-0.05, 0) is 24.6 Å². The topological polar surface area (TPSA) is 112 Å². The zero-order valence-corrected chi connectivity index (χ0v) is 15.0. The van der Waals surface area contributed by atoms with Crippen LogP contribution >= 0.6 is 0 Å². The van der Waals surface area contributed by atoms with Crippen molar-refractivity contribution in [3.05, 3.63) is 29.8 Å². The molecule has 3 unspecified atom stereocenters. The lowest BCUT2D eigenvalue weighted by Gasteiger charge is -2.40. The van der Waals surface area contributed by atoms with Gasteiger partial charge in [0.15, 0.2) is 18.2 Å². The number of carbonyl (C=O) groups is 2. The molecule has 9 nitrogen and oxygen atoms in total. The smallest absolute Gasteiger partial charge is 0.328 e. The highest BCUT2D eigenvalue weighted by atomic mass is 16.5. The number of aliphatic hydroxyl groups is 1. The van der Waals surface area contributed by atoms with Crippen molar-refractivity contribution < 1.29 is 19.4 Å². The molecule has 1 saturated heterocycles. The fraction of sp³-hybridized carbons (Fsp3) is 0.471. The summed E-state index contributed by atoms with van der Waals surface area (Å²) >= 11 is 0. The van der Waals surface area contributed by atoms with Gasteiger partial charge < -0.3 is 25.4 Å². The molecule has 9 heteroatoms. The number of guanidine groups is 1. The largest absolute Gasteiger partial charge is 0.491 e. The molecule has 26 heavy (non-hydrogen) atoms. The summed E-state index contributed by atoms with van der Waals surface area (Å²) < 4.78 is 5.60. The number of fused-ring (bicyclic) bond motifs is 1. The van der Waals surface area contributed by atoms with Gasteiger partial charge in [0.1, 0.15) is 18.5 Å². The third-order valence-corrected chi connectivity index (χ3v) is 4.59. The molecule has 2 aliphatic rings. The SMILES string of the molecule is Cc1cccc(OCC(O)CN2C(N)=NC3C2C(=O)N(C)C(=O)N3C)c1. The average Bonchev–Trinajstić information content (AvgIpc) is 2.93. The number of amides is 3. The first kappa shape index (κ1) is 18.0. The Balaban J connectivity index is 1.66. The lowest BCUT2D eigenvalue weighted by atomic mass is 10.1. The highest BCUT2D eigenvalue weighted by Gasteiger charge is 2.50. The Morgan fingerprint density at radius 1 is 1.35 bits per heavy atom. The Morgan fingerprint density at radius 3 is 2.77 bits per heavy atom. The van der Waals surface area contributed by atoms with Crippen molar-refractivity contribution in [2.75, 3.05) is 27.2 Å². The van der Waals surface area contributed by atoms with Crippen molar-refractivity contribution >= 4 is 17.9 Å². The standard InChI is InChI=1S/C17H23N5O4/c1-10-5-4-6-12(7-10)26-9-11(23)8-22-13-14(19-16(22)18)20(2)17(25)21(3)15(13)24/h4-7,11,13-14,23H,8-9H2,1-3H3,(H2,18,19). The minimum Gasteiger partial charge on any atom is -0.491 e. The van der Waals surface area contributed by atoms with Crippen LogP contribution in [0.3, 0.4) is 0 Å². The second-order valence-electron chi connectivity index (χ2n) is 6.57. The summed E-state index contributed by atoms with van der Waals surface area (Å²) in [6.07, 6.45) is -1.57. The molecule has 0 aromatic heterocycles. The van der Waals surface area contributed by atoms with E-state index in [9.17, 15) is 14.7 Å². The van der Waals surface area contributed by atoms with Crippen LogP contribution in [0.5, 0.6) is 5.75 Å². The van der Waals surface area contributed by atoms with Gasteiger partial charge in [0.05, 0.1) is 6.54 Å². The van der Waals surface area contributed by atoms with Crippen molar-refractivity contribution in [2.24, 2.45) is 10.7 Å². The molecule has 1 aromatic rings. The van der Waals surface area contributed by atoms with Crippen LogP contribution in [0.15, 0.2) is 29.3 Å². The number of urea groups is 1. The highest BCUT2D eigenvalue weighted by molar-refractivity contribution is 6.03. The first-order valence-electron chi connectivity index (χ1n) is 8.31. The molecule has 140 valence electrons. The van der Waals surface area contributed by atoms with E-state index in [-0.39, 0.29) is 19.1 Å². The molecule has 1 aromatic carbocycles. The predicted octanol–water partition coefficient (Wildman–Crippen LogP) is -0.416. The van der Waals surface area contributed by atoms with Crippen LogP contribution in [-0.4, -0.2) is 83.3 Å². The fourth-order valence-corrected chi connectivity index (χ4v) is 3.17. The van der Waals surface area contributed by atoms with Crippen LogP contribution in [-0.2, 0) is 4.79 Å². The lowest BCUT2D eigenvalue weighted by molar-refractivity contribution is -0.136. The number of hydrogen-bond donors (Lipinski definition) is 2. The number of nitrogens with zero attached hydrogens (tertiary/aromatic N) is 4. The van der Waals surface area contributed by atoms with E-state index >= 15 is 0 Å². The predicted molar refractivity (Wildman–Crippen MR) is 94.5 cm³/mol. The van der Waals surface area contributed by atoms with Crippen LogP contribution in [0.2, 0.25) is 0 Å². The van der Waals surface area contributed by atoms with Crippen LogP contribution in [0.1, 0.15) is 5.56 Å². The molecule has 0 aliphatic carbocycles. The van der Waals surface area contributed by atoms with Crippen LogP contribution in [0.25, 0.3) is 0 Å². The molecule has 0 radical (unpaired) electrons. The van der Waals surface area contributed by atoms with Gasteiger partial charge in [-0.2, -0.15) is 0 Å². The van der Waals surface area contributed by atoms with Gasteiger partial charge in [-0.15, -0.1) is 0 Å². The van der Waals surface area contributed by atoms with E-state index in [1.54, 1.807) is 7.05 Å². The van der Waals surface area contributed by atoms with Crippen molar-refractivity contribution in [3.8, 4) is 5.75 Å². The van der Waals surface area contributed by atoms with Gasteiger partial charge in [-0.3, -0.25) is 9.69 Å². The third-order valence-electron chi connectivity index (χ3n) is 4.59. The maximum absolute atomic E-state index is 12.5. The maximum Gasteiger partial charge on any atom is 0.328 e. The van der Waals surface area contributed by atoms with E-state index in [4.69, 9.17) is 10.5 Å². The van der Waals surface area contributed by atoms with Gasteiger partial charge in [-0.25, -0.2) is 9.79 Å². The second-order valence-corrected chi connectivity index (χ2v) is 6.57. The quantitative estimate of drug-likeness (QED) is 0.737. The monoisotopic (exact) mass is 361 g/mol. The highest BCUT2D eigenvalue weighted by Crippen LogP contribution is 2.26. The van der Waals surface area contributed by atoms with Gasteiger partial charge in [-0.1, -0.05) is 12.1 Å². The van der Waals surface area contributed by atoms with E-state index in [0.29, 0.717) is 5.75 Å². The Hall–Kier alpha value is -2.81. The summed E-state index contributed by atoms with van der Waals surface area (Å²) in [6.45, 7) is 2.07. The van der Waals surface area contributed by atoms with E-state index in [2.05, 4.69) is 4.99 Å². The first-order valence-corrected chi connectivity index (χ1v) is 8.31. The molecule has 0 saturated carbocycles. The summed E-state index contributed by atoms with van der Waals surface area (Å²) in [7, 11) is 2.99. The normalized spacial score (nSPS) is 23.8. The number of benzene rings is 1. The Kier molecular flexibility index (Phi) is 4.73. The number of aliphatic imine (C=N–C) groups is 1. The number of ether oxygens (including phenoxy) is 1. The summed E-state index contributed by atoms with van der Waals surface area (Å²) in [5.74, 6) is 0.385. The average molecular weight is 361 g/mol. The molecular weight excluding hydrogens is 338 g/mol. The van der Waals surface area contributed by atoms with Crippen LogP contribution in [0, 0.1) is 6.92 Å². The molecule has 0 spiro atoms. The fourth-order valence-electron chi connectivity index (χ4n) is 3.17. The first-order chi connectivity index (χ1) is 12.3. The zero-order valence-electron chi connectivity index (χ0n) is 15.0. The van der Waals surface area contributed by atoms with Gasteiger partial charge in [0, 0.05) is 14.1 Å². The van der Waals surface area contributed by atoms with E-state index in [1.807, 2.05) is 31.2 Å². The molecule has 0 bridgehead atoms. The van der Waals surface area contributed by atoms with Gasteiger partial charge >= 0.3 is 6.03 Å². The van der Waals surface area contributed by atoms with Gasteiger partial charge in [0.25, 0.3) is 5.91 Å². The molecule has 3 amide bonds. The number of aryl methyl sites for hydroxylation is 1. The summed E-state index contributed by atoms with van der Waals surface area (Å²) in [5, 5.41) is 10.3. The van der Waals surface area contributed by atoms with Crippen molar-refractivity contribution in [3.63, 3.8) is 0 Å². The molecular formula is C17H23N5O4. The van der Waals surface area contributed by atoms with Crippen LogP contribution < -0.4 is 10.5 Å². The third kappa shape index (κ3) is 3.17. The second kappa shape index (κ2) is 6.83. The number of imide groups is 1. The zero-order chi connectivity index (χ0) is 19.0.